The van der Waals surface area contributed by atoms with Crippen molar-refractivity contribution in [2.45, 2.75) is 31.7 Å². The van der Waals surface area contributed by atoms with Crippen LogP contribution in [-0.2, 0) is 11.2 Å². The average Bonchev–Trinajstić information content (AvgIpc) is 3.60. The molecule has 168 valence electrons. The van der Waals surface area contributed by atoms with Crippen LogP contribution in [-0.4, -0.2) is 29.8 Å². The van der Waals surface area contributed by atoms with Crippen LogP contribution in [0.25, 0.3) is 27.9 Å². The number of carbonyl (C=O) groups excluding carboxylic acids is 1. The summed E-state index contributed by atoms with van der Waals surface area (Å²) in [5.74, 6) is 1.20. The normalized spacial score (nSPS) is 13.4. The van der Waals surface area contributed by atoms with Gasteiger partial charge in [-0.3, -0.25) is 18.6 Å². The molecule has 34 heavy (non-hydrogen) atoms. The zero-order valence-corrected chi connectivity index (χ0v) is 18.4. The van der Waals surface area contributed by atoms with Gasteiger partial charge in [0.15, 0.2) is 0 Å². The third-order valence-corrected chi connectivity index (χ3v) is 6.07. The van der Waals surface area contributed by atoms with E-state index >= 15 is 0 Å². The summed E-state index contributed by atoms with van der Waals surface area (Å²) in [6.45, 7) is 0. The number of anilines is 1. The molecule has 0 spiro atoms. The monoisotopic (exact) mass is 450 g/mol. The molecule has 2 aromatic carbocycles. The number of fused-ring (bicyclic) bond motifs is 2. The Bertz CT molecular complexity index is 1550. The van der Waals surface area contributed by atoms with Crippen molar-refractivity contribution in [1.82, 2.24) is 23.9 Å². The lowest BCUT2D eigenvalue weighted by molar-refractivity contribution is -0.116. The molecule has 5 aromatic rings. The lowest BCUT2D eigenvalue weighted by atomic mass is 10.1. The van der Waals surface area contributed by atoms with Crippen molar-refractivity contribution < 1.29 is 4.79 Å². The van der Waals surface area contributed by atoms with Gasteiger partial charge in [0, 0.05) is 48.7 Å². The van der Waals surface area contributed by atoms with Crippen LogP contribution in [0.4, 0.5) is 5.69 Å². The first-order chi connectivity index (χ1) is 16.7. The highest BCUT2D eigenvalue weighted by molar-refractivity contribution is 5.91. The lowest BCUT2D eigenvalue weighted by Crippen LogP contribution is -2.25. The number of amides is 1. The van der Waals surface area contributed by atoms with Crippen molar-refractivity contribution in [3.05, 3.63) is 89.4 Å². The maximum absolute atomic E-state index is 13.0. The number of carbonyl (C=O) groups is 1. The van der Waals surface area contributed by atoms with Crippen molar-refractivity contribution in [3.63, 3.8) is 0 Å². The number of aryl methyl sites for hydroxylation is 1. The van der Waals surface area contributed by atoms with E-state index in [1.165, 1.54) is 0 Å². The molecule has 0 saturated heterocycles. The minimum absolute atomic E-state index is 0.0127. The van der Waals surface area contributed by atoms with Crippen molar-refractivity contribution in [3.8, 4) is 11.3 Å². The molecule has 6 rings (SSSR count). The average molecular weight is 451 g/mol. The van der Waals surface area contributed by atoms with Gasteiger partial charge in [-0.1, -0.05) is 24.3 Å². The standard InChI is InChI=1S/C26H22N6O2/c33-24(13-12-23-29-21-5-2-1-4-20(21)25(34)32(23)19-10-11-19)28-18-8-6-17(7-9-18)22-16-31-15-3-14-27-26(31)30-22/h1-9,14-16,19H,10-13H2,(H,28,33). The highest BCUT2D eigenvalue weighted by Crippen LogP contribution is 2.35. The minimum atomic E-state index is -0.116. The number of hydrogen-bond acceptors (Lipinski definition) is 5. The van der Waals surface area contributed by atoms with Gasteiger partial charge in [-0.2, -0.15) is 0 Å². The molecule has 1 saturated carbocycles. The predicted octanol–water partition coefficient (Wildman–Crippen LogP) is 4.01. The quantitative estimate of drug-likeness (QED) is 0.422. The number of imidazole rings is 1. The summed E-state index contributed by atoms with van der Waals surface area (Å²) in [6, 6.07) is 17.0. The smallest absolute Gasteiger partial charge is 0.261 e. The Morgan fingerprint density at radius 1 is 1.03 bits per heavy atom. The van der Waals surface area contributed by atoms with Gasteiger partial charge in [0.2, 0.25) is 11.7 Å². The van der Waals surface area contributed by atoms with Crippen LogP contribution in [0, 0.1) is 0 Å². The third-order valence-electron chi connectivity index (χ3n) is 6.07. The number of aromatic nitrogens is 5. The Morgan fingerprint density at radius 2 is 1.85 bits per heavy atom. The first-order valence-corrected chi connectivity index (χ1v) is 11.4. The van der Waals surface area contributed by atoms with Gasteiger partial charge in [0.25, 0.3) is 5.56 Å². The Balaban J connectivity index is 1.16. The molecule has 1 amide bonds. The Hall–Kier alpha value is -4.33. The molecule has 0 unspecified atom stereocenters. The molecule has 0 bridgehead atoms. The first-order valence-electron chi connectivity index (χ1n) is 11.4. The van der Waals surface area contributed by atoms with Crippen molar-refractivity contribution in [1.29, 1.82) is 0 Å². The number of hydrogen-bond donors (Lipinski definition) is 1. The number of para-hydroxylation sites is 1. The van der Waals surface area contributed by atoms with Gasteiger partial charge in [-0.15, -0.1) is 0 Å². The van der Waals surface area contributed by atoms with Crippen LogP contribution >= 0.6 is 0 Å². The summed E-state index contributed by atoms with van der Waals surface area (Å²) in [4.78, 5) is 39.1. The van der Waals surface area contributed by atoms with Gasteiger partial charge in [-0.25, -0.2) is 15.0 Å². The highest BCUT2D eigenvalue weighted by Gasteiger charge is 2.28. The molecular formula is C26H22N6O2. The molecule has 1 fully saturated rings. The second kappa shape index (κ2) is 8.22. The fraction of sp³-hybridized carbons (Fsp3) is 0.192. The van der Waals surface area contributed by atoms with E-state index in [9.17, 15) is 9.59 Å². The maximum atomic E-state index is 13.0. The van der Waals surface area contributed by atoms with Crippen LogP contribution in [0.2, 0.25) is 0 Å². The van der Waals surface area contributed by atoms with E-state index in [2.05, 4.69) is 15.3 Å². The zero-order chi connectivity index (χ0) is 23.1. The second-order valence-corrected chi connectivity index (χ2v) is 8.53. The van der Waals surface area contributed by atoms with Crippen LogP contribution in [0.5, 0.6) is 0 Å². The Labute approximate surface area is 194 Å². The van der Waals surface area contributed by atoms with E-state index in [-0.39, 0.29) is 23.9 Å². The molecular weight excluding hydrogens is 428 g/mol. The molecule has 1 aliphatic rings. The second-order valence-electron chi connectivity index (χ2n) is 8.53. The van der Waals surface area contributed by atoms with Gasteiger partial charge < -0.3 is 5.32 Å². The summed E-state index contributed by atoms with van der Waals surface area (Å²) in [5, 5.41) is 3.57. The molecule has 3 heterocycles. The molecule has 8 heteroatoms. The lowest BCUT2D eigenvalue weighted by Gasteiger charge is -2.13. The molecule has 0 aliphatic heterocycles. The van der Waals surface area contributed by atoms with E-state index in [4.69, 9.17) is 4.98 Å². The van der Waals surface area contributed by atoms with E-state index in [0.29, 0.717) is 34.6 Å². The molecule has 0 atom stereocenters. The third kappa shape index (κ3) is 3.83. The van der Waals surface area contributed by atoms with Gasteiger partial charge in [0.05, 0.1) is 16.6 Å². The predicted molar refractivity (Wildman–Crippen MR) is 130 cm³/mol. The van der Waals surface area contributed by atoms with E-state index in [1.54, 1.807) is 10.8 Å². The molecule has 0 radical (unpaired) electrons. The Kier molecular flexibility index (Phi) is 4.91. The maximum Gasteiger partial charge on any atom is 0.261 e. The van der Waals surface area contributed by atoms with Crippen LogP contribution in [0.15, 0.2) is 78.0 Å². The molecule has 1 aliphatic carbocycles. The van der Waals surface area contributed by atoms with Gasteiger partial charge in [-0.05, 0) is 43.2 Å². The largest absolute Gasteiger partial charge is 0.326 e. The molecule has 8 nitrogen and oxygen atoms in total. The van der Waals surface area contributed by atoms with E-state index in [0.717, 1.165) is 24.1 Å². The summed E-state index contributed by atoms with van der Waals surface area (Å²) in [6.07, 6.45) is 8.16. The number of rotatable bonds is 6. The number of nitrogens with one attached hydrogen (secondary N) is 1. The molecule has 3 aromatic heterocycles. The fourth-order valence-corrected chi connectivity index (χ4v) is 4.22. The zero-order valence-electron chi connectivity index (χ0n) is 18.4. The summed E-state index contributed by atoms with van der Waals surface area (Å²) in [7, 11) is 0. The summed E-state index contributed by atoms with van der Waals surface area (Å²) in [5.41, 5.74) is 3.13. The summed E-state index contributed by atoms with van der Waals surface area (Å²) < 4.78 is 3.65. The number of nitrogens with zero attached hydrogens (tertiary/aromatic N) is 5. The number of benzene rings is 2. The van der Waals surface area contributed by atoms with Crippen LogP contribution in [0.1, 0.15) is 31.1 Å². The molecule has 1 N–H and O–H groups in total. The topological polar surface area (TPSA) is 94.2 Å². The van der Waals surface area contributed by atoms with E-state index < -0.39 is 0 Å². The fourth-order valence-electron chi connectivity index (χ4n) is 4.22. The minimum Gasteiger partial charge on any atom is -0.326 e. The highest BCUT2D eigenvalue weighted by atomic mass is 16.1. The van der Waals surface area contributed by atoms with Crippen LogP contribution in [0.3, 0.4) is 0 Å². The van der Waals surface area contributed by atoms with Gasteiger partial charge >= 0.3 is 0 Å². The van der Waals surface area contributed by atoms with Gasteiger partial charge in [0.1, 0.15) is 5.82 Å². The van der Waals surface area contributed by atoms with Crippen molar-refractivity contribution in [2.24, 2.45) is 0 Å². The first kappa shape index (κ1) is 20.3. The van der Waals surface area contributed by atoms with Crippen molar-refractivity contribution >= 4 is 28.3 Å². The SMILES string of the molecule is O=C(CCc1nc2ccccc2c(=O)n1C1CC1)Nc1ccc(-c2cn3cccnc3n2)cc1. The van der Waals surface area contributed by atoms with Crippen LogP contribution < -0.4 is 10.9 Å². The van der Waals surface area contributed by atoms with E-state index in [1.807, 2.05) is 71.4 Å². The Morgan fingerprint density at radius 3 is 2.65 bits per heavy atom. The van der Waals surface area contributed by atoms with Crippen molar-refractivity contribution in [2.75, 3.05) is 5.32 Å². The summed E-state index contributed by atoms with van der Waals surface area (Å²) >= 11 is 0.